The van der Waals surface area contributed by atoms with Crippen LogP contribution in [0.25, 0.3) is 0 Å². The number of carbonyl (C=O) groups is 1. The fourth-order valence-corrected chi connectivity index (χ4v) is 3.42. The summed E-state index contributed by atoms with van der Waals surface area (Å²) in [5.41, 5.74) is 1.02. The number of halogens is 1. The average Bonchev–Trinajstić information content (AvgIpc) is 2.22. The Morgan fingerprint density at radius 3 is 3.12 bits per heavy atom. The van der Waals surface area contributed by atoms with Crippen molar-refractivity contribution in [1.82, 2.24) is 0 Å². The molecule has 1 atom stereocenters. The zero-order valence-corrected chi connectivity index (χ0v) is 11.2. The summed E-state index contributed by atoms with van der Waals surface area (Å²) in [6.45, 7) is 2.12. The number of hydrogen-bond donors (Lipinski definition) is 1. The maximum absolute atomic E-state index is 10.8. The van der Waals surface area contributed by atoms with Gasteiger partial charge in [-0.2, -0.15) is 0 Å². The summed E-state index contributed by atoms with van der Waals surface area (Å²) in [5, 5.41) is 8.91. The molecule has 0 bridgehead atoms. The highest BCUT2D eigenvalue weighted by Gasteiger charge is 2.25. The Morgan fingerprint density at radius 2 is 2.44 bits per heavy atom. The van der Waals surface area contributed by atoms with E-state index in [-0.39, 0.29) is 12.6 Å². The monoisotopic (exact) mass is 301 g/mol. The standard InChI is InChI=1S/C11H12BrNO2S/c1-7-6-16-10-4-8(12)2-3-9(10)13(7)5-11(14)15/h2-4,7H,5-6H2,1H3,(H,14,15). The average molecular weight is 302 g/mol. The quantitative estimate of drug-likeness (QED) is 0.912. The number of carboxylic acid groups (broad SMARTS) is 1. The molecule has 1 aromatic carbocycles. The number of anilines is 1. The molecule has 0 radical (unpaired) electrons. The van der Waals surface area contributed by atoms with Crippen LogP contribution in [0.2, 0.25) is 0 Å². The highest BCUT2D eigenvalue weighted by atomic mass is 79.9. The molecule has 86 valence electrons. The van der Waals surface area contributed by atoms with Gasteiger partial charge in [0.25, 0.3) is 0 Å². The summed E-state index contributed by atoms with van der Waals surface area (Å²) >= 11 is 5.21. The summed E-state index contributed by atoms with van der Waals surface area (Å²) in [5.74, 6) is 0.143. The van der Waals surface area contributed by atoms with E-state index in [1.165, 1.54) is 0 Å². The number of nitrogens with zero attached hydrogens (tertiary/aromatic N) is 1. The second kappa shape index (κ2) is 4.67. The van der Waals surface area contributed by atoms with Crippen LogP contribution in [0.15, 0.2) is 27.6 Å². The molecule has 1 aliphatic heterocycles. The van der Waals surface area contributed by atoms with Gasteiger partial charge in [0.05, 0.1) is 5.69 Å². The second-order valence-electron chi connectivity index (χ2n) is 3.79. The summed E-state index contributed by atoms with van der Waals surface area (Å²) in [6.07, 6.45) is 0. The smallest absolute Gasteiger partial charge is 0.323 e. The van der Waals surface area contributed by atoms with Crippen LogP contribution in [-0.2, 0) is 4.79 Å². The van der Waals surface area contributed by atoms with Crippen molar-refractivity contribution < 1.29 is 9.90 Å². The predicted octanol–water partition coefficient (Wildman–Crippen LogP) is 2.83. The van der Waals surface area contributed by atoms with E-state index in [0.29, 0.717) is 0 Å². The number of fused-ring (bicyclic) bond motifs is 1. The van der Waals surface area contributed by atoms with E-state index < -0.39 is 5.97 Å². The van der Waals surface area contributed by atoms with Crippen molar-refractivity contribution in [3.8, 4) is 0 Å². The lowest BCUT2D eigenvalue weighted by Gasteiger charge is -2.35. The van der Waals surface area contributed by atoms with Gasteiger partial charge in [0.2, 0.25) is 0 Å². The summed E-state index contributed by atoms with van der Waals surface area (Å²) < 4.78 is 1.03. The van der Waals surface area contributed by atoms with Gasteiger partial charge in [0.15, 0.2) is 0 Å². The maximum atomic E-state index is 10.8. The number of carboxylic acids is 1. The van der Waals surface area contributed by atoms with Crippen LogP contribution in [0, 0.1) is 0 Å². The lowest BCUT2D eigenvalue weighted by atomic mass is 10.2. The Bertz CT molecular complexity index is 424. The van der Waals surface area contributed by atoms with Crippen molar-refractivity contribution in [2.45, 2.75) is 17.9 Å². The predicted molar refractivity (Wildman–Crippen MR) is 69.3 cm³/mol. The lowest BCUT2D eigenvalue weighted by molar-refractivity contribution is -0.135. The second-order valence-corrected chi connectivity index (χ2v) is 5.77. The normalized spacial score (nSPS) is 19.4. The highest BCUT2D eigenvalue weighted by Crippen LogP contribution is 2.38. The zero-order chi connectivity index (χ0) is 11.7. The molecular weight excluding hydrogens is 290 g/mol. The number of hydrogen-bond acceptors (Lipinski definition) is 3. The first kappa shape index (κ1) is 11.8. The first-order valence-corrected chi connectivity index (χ1v) is 6.76. The number of benzene rings is 1. The fourth-order valence-electron chi connectivity index (χ4n) is 1.77. The van der Waals surface area contributed by atoms with Gasteiger partial charge in [-0.25, -0.2) is 0 Å². The molecule has 1 unspecified atom stereocenters. The van der Waals surface area contributed by atoms with Gasteiger partial charge in [-0.3, -0.25) is 4.79 Å². The Balaban J connectivity index is 2.36. The lowest BCUT2D eigenvalue weighted by Crippen LogP contribution is -2.41. The summed E-state index contributed by atoms with van der Waals surface area (Å²) in [7, 11) is 0. The van der Waals surface area contributed by atoms with Gasteiger partial charge in [0.1, 0.15) is 6.54 Å². The summed E-state index contributed by atoms with van der Waals surface area (Å²) in [6, 6.07) is 6.23. The van der Waals surface area contributed by atoms with Crippen LogP contribution in [0.4, 0.5) is 5.69 Å². The topological polar surface area (TPSA) is 40.5 Å². The van der Waals surface area contributed by atoms with Crippen molar-refractivity contribution >= 4 is 39.3 Å². The number of aliphatic carboxylic acids is 1. The van der Waals surface area contributed by atoms with E-state index in [0.717, 1.165) is 20.8 Å². The van der Waals surface area contributed by atoms with Crippen LogP contribution >= 0.6 is 27.7 Å². The van der Waals surface area contributed by atoms with Crippen LogP contribution < -0.4 is 4.90 Å². The van der Waals surface area contributed by atoms with Crippen LogP contribution in [0.1, 0.15) is 6.92 Å². The molecular formula is C11H12BrNO2S. The number of rotatable bonds is 2. The maximum Gasteiger partial charge on any atom is 0.323 e. The van der Waals surface area contributed by atoms with Gasteiger partial charge in [-0.05, 0) is 25.1 Å². The van der Waals surface area contributed by atoms with Crippen LogP contribution in [-0.4, -0.2) is 29.4 Å². The molecule has 1 heterocycles. The van der Waals surface area contributed by atoms with E-state index in [9.17, 15) is 4.79 Å². The molecule has 0 aliphatic carbocycles. The number of thioether (sulfide) groups is 1. The van der Waals surface area contributed by atoms with E-state index >= 15 is 0 Å². The molecule has 1 aliphatic rings. The van der Waals surface area contributed by atoms with Gasteiger partial charge < -0.3 is 10.0 Å². The minimum Gasteiger partial charge on any atom is -0.480 e. The third-order valence-corrected chi connectivity index (χ3v) is 4.33. The third-order valence-electron chi connectivity index (χ3n) is 2.55. The Morgan fingerprint density at radius 1 is 1.69 bits per heavy atom. The molecule has 0 aromatic heterocycles. The van der Waals surface area contributed by atoms with Gasteiger partial charge in [-0.1, -0.05) is 15.9 Å². The van der Waals surface area contributed by atoms with E-state index in [4.69, 9.17) is 5.11 Å². The van der Waals surface area contributed by atoms with E-state index in [1.54, 1.807) is 11.8 Å². The fraction of sp³-hybridized carbons (Fsp3) is 0.364. The first-order valence-electron chi connectivity index (χ1n) is 4.98. The Labute approximate surface area is 107 Å². The molecule has 0 saturated carbocycles. The van der Waals surface area contributed by atoms with Crippen molar-refractivity contribution in [1.29, 1.82) is 0 Å². The van der Waals surface area contributed by atoms with Crippen molar-refractivity contribution in [3.63, 3.8) is 0 Å². The van der Waals surface area contributed by atoms with Gasteiger partial charge >= 0.3 is 5.97 Å². The Hall–Kier alpha value is -0.680. The van der Waals surface area contributed by atoms with Crippen molar-refractivity contribution in [2.24, 2.45) is 0 Å². The van der Waals surface area contributed by atoms with Crippen LogP contribution in [0.3, 0.4) is 0 Å². The highest BCUT2D eigenvalue weighted by molar-refractivity contribution is 9.10. The molecule has 0 fully saturated rings. The van der Waals surface area contributed by atoms with Crippen molar-refractivity contribution in [3.05, 3.63) is 22.7 Å². The zero-order valence-electron chi connectivity index (χ0n) is 8.81. The van der Waals surface area contributed by atoms with Gasteiger partial charge in [-0.15, -0.1) is 11.8 Å². The molecule has 0 amide bonds. The molecule has 16 heavy (non-hydrogen) atoms. The van der Waals surface area contributed by atoms with Crippen LogP contribution in [0.5, 0.6) is 0 Å². The summed E-state index contributed by atoms with van der Waals surface area (Å²) in [4.78, 5) is 13.9. The molecule has 2 rings (SSSR count). The minimum atomic E-state index is -0.785. The van der Waals surface area contributed by atoms with E-state index in [1.807, 2.05) is 23.1 Å². The third kappa shape index (κ3) is 2.35. The Kier molecular flexibility index (Phi) is 3.44. The van der Waals surface area contributed by atoms with E-state index in [2.05, 4.69) is 22.9 Å². The van der Waals surface area contributed by atoms with Gasteiger partial charge in [0, 0.05) is 21.2 Å². The molecule has 5 heteroatoms. The van der Waals surface area contributed by atoms with Crippen molar-refractivity contribution in [2.75, 3.05) is 17.2 Å². The molecule has 0 spiro atoms. The minimum absolute atomic E-state index is 0.0658. The molecule has 1 aromatic rings. The largest absolute Gasteiger partial charge is 0.480 e. The molecule has 1 N–H and O–H groups in total. The SMILES string of the molecule is CC1CSc2cc(Br)ccc2N1CC(=O)O. The molecule has 0 saturated heterocycles. The molecule has 3 nitrogen and oxygen atoms in total. The first-order chi connectivity index (χ1) is 7.58.